The molecule has 1 rings (SSSR count). The molecule has 0 bridgehead atoms. The highest BCUT2D eigenvalue weighted by Crippen LogP contribution is 2.14. The van der Waals surface area contributed by atoms with Gasteiger partial charge in [-0.3, -0.25) is 0 Å². The highest BCUT2D eigenvalue weighted by atomic mass is 14.8. The van der Waals surface area contributed by atoms with Gasteiger partial charge in [-0.15, -0.1) is 6.58 Å². The Kier molecular flexibility index (Phi) is 6.42. The molecular weight excluding hydrogens is 170 g/mol. The van der Waals surface area contributed by atoms with Crippen molar-refractivity contribution in [1.82, 2.24) is 5.32 Å². The Morgan fingerprint density at radius 2 is 2.00 bits per heavy atom. The normalized spacial score (nSPS) is 20.7. The van der Waals surface area contributed by atoms with E-state index < -0.39 is 0 Å². The smallest absolute Gasteiger partial charge is 0.00116 e. The maximum absolute atomic E-state index is 3.74. The summed E-state index contributed by atoms with van der Waals surface area (Å²) in [6.45, 7) is 6.12. The Balaban J connectivity index is 2.11. The molecule has 0 spiro atoms. The molecule has 1 heteroatoms. The second-order valence-corrected chi connectivity index (χ2v) is 4.04. The van der Waals surface area contributed by atoms with Crippen molar-refractivity contribution < 1.29 is 0 Å². The average Bonchev–Trinajstić information content (AvgIpc) is 2.46. The number of allylic oxidation sites excluding steroid dienone is 2. The number of nitrogens with one attached hydrogen (secondary N) is 1. The fourth-order valence-corrected chi connectivity index (χ4v) is 1.88. The molecule has 0 radical (unpaired) electrons. The summed E-state index contributed by atoms with van der Waals surface area (Å²) >= 11 is 0. The summed E-state index contributed by atoms with van der Waals surface area (Å²) in [6.07, 6.45) is 13.4. The van der Waals surface area contributed by atoms with E-state index in [2.05, 4.69) is 18.0 Å². The lowest BCUT2D eigenvalue weighted by Crippen LogP contribution is -2.13. The summed E-state index contributed by atoms with van der Waals surface area (Å²) < 4.78 is 0. The van der Waals surface area contributed by atoms with E-state index in [1.807, 2.05) is 6.08 Å². The van der Waals surface area contributed by atoms with E-state index in [1.165, 1.54) is 58.0 Å². The topological polar surface area (TPSA) is 12.0 Å². The Morgan fingerprint density at radius 1 is 1.14 bits per heavy atom. The van der Waals surface area contributed by atoms with Crippen LogP contribution in [0.4, 0.5) is 0 Å². The molecule has 14 heavy (non-hydrogen) atoms. The third-order valence-electron chi connectivity index (χ3n) is 2.77. The third kappa shape index (κ3) is 5.23. The maximum atomic E-state index is 3.74. The van der Waals surface area contributed by atoms with Crippen LogP contribution in [0.25, 0.3) is 0 Å². The van der Waals surface area contributed by atoms with Gasteiger partial charge in [0.25, 0.3) is 0 Å². The van der Waals surface area contributed by atoms with Gasteiger partial charge in [-0.05, 0) is 58.0 Å². The first-order valence-corrected chi connectivity index (χ1v) is 5.93. The molecular formula is C13H23N. The van der Waals surface area contributed by atoms with Crippen molar-refractivity contribution in [3.05, 3.63) is 24.3 Å². The van der Waals surface area contributed by atoms with Crippen LogP contribution in [0.3, 0.4) is 0 Å². The average molecular weight is 193 g/mol. The van der Waals surface area contributed by atoms with Gasteiger partial charge >= 0.3 is 0 Å². The minimum Gasteiger partial charge on any atom is -0.316 e. The van der Waals surface area contributed by atoms with Crippen molar-refractivity contribution >= 4 is 0 Å². The molecule has 1 N–H and O–H groups in total. The predicted octanol–water partition coefficient (Wildman–Crippen LogP) is 3.43. The van der Waals surface area contributed by atoms with Gasteiger partial charge in [-0.2, -0.15) is 0 Å². The van der Waals surface area contributed by atoms with Crippen LogP contribution in [-0.2, 0) is 0 Å². The van der Waals surface area contributed by atoms with Gasteiger partial charge in [0.1, 0.15) is 0 Å². The molecule has 0 aliphatic carbocycles. The van der Waals surface area contributed by atoms with Crippen molar-refractivity contribution in [3.8, 4) is 0 Å². The van der Waals surface area contributed by atoms with Crippen molar-refractivity contribution in [3.63, 3.8) is 0 Å². The monoisotopic (exact) mass is 193 g/mol. The number of rotatable bonds is 5. The highest BCUT2D eigenvalue weighted by Gasteiger charge is 2.02. The van der Waals surface area contributed by atoms with Gasteiger partial charge in [0.2, 0.25) is 0 Å². The minimum absolute atomic E-state index is 1.17. The van der Waals surface area contributed by atoms with Crippen LogP contribution in [0.5, 0.6) is 0 Å². The zero-order valence-electron chi connectivity index (χ0n) is 9.23. The molecule has 1 aliphatic rings. The van der Waals surface area contributed by atoms with Gasteiger partial charge in [-0.25, -0.2) is 0 Å². The number of hydrogen-bond acceptors (Lipinski definition) is 1. The molecule has 0 aromatic heterocycles. The molecule has 0 saturated carbocycles. The summed E-state index contributed by atoms with van der Waals surface area (Å²) in [4.78, 5) is 0. The van der Waals surface area contributed by atoms with Gasteiger partial charge in [0.15, 0.2) is 0 Å². The van der Waals surface area contributed by atoms with E-state index in [0.717, 1.165) is 0 Å². The van der Waals surface area contributed by atoms with Gasteiger partial charge in [0.05, 0.1) is 0 Å². The van der Waals surface area contributed by atoms with Crippen LogP contribution >= 0.6 is 0 Å². The molecule has 80 valence electrons. The molecule has 1 heterocycles. The lowest BCUT2D eigenvalue weighted by atomic mass is 10.1. The lowest BCUT2D eigenvalue weighted by molar-refractivity contribution is 0.703. The van der Waals surface area contributed by atoms with E-state index in [0.29, 0.717) is 0 Å². The standard InChI is InChI=1S/C13H23N/c1-2-3-4-5-6-8-13-9-7-11-14-12-10-13/h2,8,14H,1,3-7,9-12H2/b13-8-. The van der Waals surface area contributed by atoms with Crippen molar-refractivity contribution in [2.45, 2.75) is 44.9 Å². The zero-order valence-corrected chi connectivity index (χ0v) is 9.23. The maximum Gasteiger partial charge on any atom is -0.00116 e. The van der Waals surface area contributed by atoms with Gasteiger partial charge in [0, 0.05) is 0 Å². The van der Waals surface area contributed by atoms with Gasteiger partial charge in [-0.1, -0.05) is 17.7 Å². The first-order valence-electron chi connectivity index (χ1n) is 5.93. The molecule has 1 fully saturated rings. The van der Waals surface area contributed by atoms with Crippen molar-refractivity contribution in [1.29, 1.82) is 0 Å². The molecule has 0 unspecified atom stereocenters. The van der Waals surface area contributed by atoms with E-state index >= 15 is 0 Å². The molecule has 1 nitrogen and oxygen atoms in total. The fourth-order valence-electron chi connectivity index (χ4n) is 1.88. The summed E-state index contributed by atoms with van der Waals surface area (Å²) in [5.41, 5.74) is 1.67. The summed E-state index contributed by atoms with van der Waals surface area (Å²) in [5, 5.41) is 3.43. The van der Waals surface area contributed by atoms with E-state index in [1.54, 1.807) is 5.57 Å². The Labute approximate surface area is 88.3 Å². The van der Waals surface area contributed by atoms with Crippen LogP contribution in [0, 0.1) is 0 Å². The van der Waals surface area contributed by atoms with E-state index in [4.69, 9.17) is 0 Å². The molecule has 0 atom stereocenters. The third-order valence-corrected chi connectivity index (χ3v) is 2.77. The molecule has 1 saturated heterocycles. The predicted molar refractivity (Wildman–Crippen MR) is 63.5 cm³/mol. The number of hydrogen-bond donors (Lipinski definition) is 1. The van der Waals surface area contributed by atoms with Crippen molar-refractivity contribution in [2.24, 2.45) is 0 Å². The van der Waals surface area contributed by atoms with Crippen molar-refractivity contribution in [2.75, 3.05) is 13.1 Å². The fraction of sp³-hybridized carbons (Fsp3) is 0.692. The first kappa shape index (κ1) is 11.5. The second kappa shape index (κ2) is 7.81. The van der Waals surface area contributed by atoms with Crippen LogP contribution in [0.2, 0.25) is 0 Å². The van der Waals surface area contributed by atoms with Crippen LogP contribution in [-0.4, -0.2) is 13.1 Å². The summed E-state index contributed by atoms with van der Waals surface area (Å²) in [5.74, 6) is 0. The van der Waals surface area contributed by atoms with E-state index in [9.17, 15) is 0 Å². The molecule has 1 aliphatic heterocycles. The van der Waals surface area contributed by atoms with Crippen LogP contribution in [0.1, 0.15) is 44.9 Å². The largest absolute Gasteiger partial charge is 0.316 e. The zero-order chi connectivity index (χ0) is 10.1. The number of unbranched alkanes of at least 4 members (excludes halogenated alkanes) is 3. The quantitative estimate of drug-likeness (QED) is 0.521. The summed E-state index contributed by atoms with van der Waals surface area (Å²) in [7, 11) is 0. The Hall–Kier alpha value is -0.560. The Bertz CT molecular complexity index is 172. The highest BCUT2D eigenvalue weighted by molar-refractivity contribution is 5.03. The summed E-state index contributed by atoms with van der Waals surface area (Å²) in [6, 6.07) is 0. The molecule has 0 amide bonds. The van der Waals surface area contributed by atoms with Crippen LogP contribution < -0.4 is 5.32 Å². The first-order chi connectivity index (χ1) is 6.93. The molecule has 0 aromatic rings. The minimum atomic E-state index is 1.17. The van der Waals surface area contributed by atoms with Crippen LogP contribution in [0.15, 0.2) is 24.3 Å². The van der Waals surface area contributed by atoms with E-state index in [-0.39, 0.29) is 0 Å². The Morgan fingerprint density at radius 3 is 2.86 bits per heavy atom. The molecule has 0 aromatic carbocycles. The lowest BCUT2D eigenvalue weighted by Gasteiger charge is -2.01. The second-order valence-electron chi connectivity index (χ2n) is 4.04. The van der Waals surface area contributed by atoms with Gasteiger partial charge < -0.3 is 5.32 Å². The SMILES string of the molecule is C=CCCCC/C=C1/CCCNCC1.